The number of hydrogen-bond donors (Lipinski definition) is 0. The van der Waals surface area contributed by atoms with E-state index in [1.54, 1.807) is 10.9 Å². The van der Waals surface area contributed by atoms with E-state index in [4.69, 9.17) is 0 Å². The van der Waals surface area contributed by atoms with Crippen LogP contribution in [0.25, 0.3) is 10.8 Å². The molecular formula is C20H23N5O. The van der Waals surface area contributed by atoms with Gasteiger partial charge in [-0.3, -0.25) is 4.79 Å². The number of aromatic nitrogens is 3. The fourth-order valence-electron chi connectivity index (χ4n) is 3.59. The van der Waals surface area contributed by atoms with E-state index in [1.165, 1.54) is 16.3 Å². The summed E-state index contributed by atoms with van der Waals surface area (Å²) in [4.78, 5) is 16.7. The highest BCUT2D eigenvalue weighted by atomic mass is 16.2. The van der Waals surface area contributed by atoms with Crippen LogP contribution in [0.1, 0.15) is 22.5 Å². The van der Waals surface area contributed by atoms with Crippen molar-refractivity contribution in [2.24, 2.45) is 0 Å². The molecule has 6 heteroatoms. The summed E-state index contributed by atoms with van der Waals surface area (Å²) >= 11 is 0. The van der Waals surface area contributed by atoms with Crippen LogP contribution >= 0.6 is 0 Å². The molecule has 1 atom stereocenters. The van der Waals surface area contributed by atoms with Gasteiger partial charge in [0.15, 0.2) is 5.69 Å². The van der Waals surface area contributed by atoms with Gasteiger partial charge in [0.25, 0.3) is 5.91 Å². The Morgan fingerprint density at radius 2 is 2.00 bits per heavy atom. The molecule has 2 aromatic carbocycles. The van der Waals surface area contributed by atoms with Crippen LogP contribution in [-0.4, -0.2) is 63.9 Å². The Morgan fingerprint density at radius 1 is 1.19 bits per heavy atom. The van der Waals surface area contributed by atoms with Crippen molar-refractivity contribution in [1.82, 2.24) is 24.8 Å². The summed E-state index contributed by atoms with van der Waals surface area (Å²) in [6.07, 6.45) is 2.76. The molecule has 0 saturated carbocycles. The Bertz CT molecular complexity index is 927. The predicted octanol–water partition coefficient (Wildman–Crippen LogP) is 2.26. The van der Waals surface area contributed by atoms with Crippen LogP contribution in [0, 0.1) is 0 Å². The summed E-state index contributed by atoms with van der Waals surface area (Å²) in [5.41, 5.74) is 1.59. The second kappa shape index (κ2) is 6.88. The topological polar surface area (TPSA) is 54.3 Å². The highest BCUT2D eigenvalue weighted by Gasteiger charge is 2.29. The molecule has 0 N–H and O–H groups in total. The molecule has 1 amide bonds. The predicted molar refractivity (Wildman–Crippen MR) is 101 cm³/mol. The summed E-state index contributed by atoms with van der Waals surface area (Å²) in [7, 11) is 4.11. The van der Waals surface area contributed by atoms with Gasteiger partial charge in [0, 0.05) is 19.1 Å². The molecule has 4 rings (SSSR count). The zero-order valence-electron chi connectivity index (χ0n) is 15.2. The average Bonchev–Trinajstić information content (AvgIpc) is 3.31. The number of hydrogen-bond acceptors (Lipinski definition) is 4. The standard InChI is InChI=1S/C20H23N5O/c1-23(2)17-10-11-24(13-17)20(26)19-14-25(22-21-19)12-16-8-5-7-15-6-3-4-9-18(15)16/h3-9,14,17H,10-13H2,1-2H3. The third-order valence-corrected chi connectivity index (χ3v) is 5.15. The van der Waals surface area contributed by atoms with E-state index in [-0.39, 0.29) is 5.91 Å². The van der Waals surface area contributed by atoms with Crippen LogP contribution in [0.4, 0.5) is 0 Å². The van der Waals surface area contributed by atoms with E-state index in [0.717, 1.165) is 19.5 Å². The van der Waals surface area contributed by atoms with Gasteiger partial charge in [0.05, 0.1) is 12.7 Å². The number of likely N-dealkylation sites (tertiary alicyclic amines) is 1. The number of carbonyl (C=O) groups is 1. The first-order valence-electron chi connectivity index (χ1n) is 8.94. The lowest BCUT2D eigenvalue weighted by Gasteiger charge is -2.19. The fourth-order valence-corrected chi connectivity index (χ4v) is 3.59. The highest BCUT2D eigenvalue weighted by Crippen LogP contribution is 2.20. The lowest BCUT2D eigenvalue weighted by Crippen LogP contribution is -2.34. The Kier molecular flexibility index (Phi) is 4.42. The van der Waals surface area contributed by atoms with Crippen LogP contribution in [0.15, 0.2) is 48.7 Å². The van der Waals surface area contributed by atoms with Crippen LogP contribution in [0.3, 0.4) is 0 Å². The molecule has 0 aliphatic carbocycles. The number of rotatable bonds is 4. The van der Waals surface area contributed by atoms with E-state index < -0.39 is 0 Å². The lowest BCUT2D eigenvalue weighted by molar-refractivity contribution is 0.0777. The van der Waals surface area contributed by atoms with Crippen LogP contribution in [-0.2, 0) is 6.54 Å². The second-order valence-electron chi connectivity index (χ2n) is 7.10. The molecule has 3 aromatic rings. The quantitative estimate of drug-likeness (QED) is 0.725. The van der Waals surface area contributed by atoms with Gasteiger partial charge in [-0.2, -0.15) is 0 Å². The van der Waals surface area contributed by atoms with Gasteiger partial charge in [0.2, 0.25) is 0 Å². The maximum Gasteiger partial charge on any atom is 0.276 e. The number of amides is 1. The van der Waals surface area contributed by atoms with Gasteiger partial charge >= 0.3 is 0 Å². The molecule has 1 fully saturated rings. The van der Waals surface area contributed by atoms with Crippen molar-refractivity contribution in [2.45, 2.75) is 19.0 Å². The molecular weight excluding hydrogens is 326 g/mol. The van der Waals surface area contributed by atoms with Crippen molar-refractivity contribution in [2.75, 3.05) is 27.2 Å². The van der Waals surface area contributed by atoms with Crippen LogP contribution in [0.5, 0.6) is 0 Å². The number of benzene rings is 2. The molecule has 0 bridgehead atoms. The summed E-state index contributed by atoms with van der Waals surface area (Å²) in [6, 6.07) is 14.9. The highest BCUT2D eigenvalue weighted by molar-refractivity contribution is 5.92. The van der Waals surface area contributed by atoms with Gasteiger partial charge < -0.3 is 9.80 Å². The number of nitrogens with zero attached hydrogens (tertiary/aromatic N) is 5. The summed E-state index contributed by atoms with van der Waals surface area (Å²) in [5.74, 6) is -0.0291. The van der Waals surface area contributed by atoms with Gasteiger partial charge in [-0.05, 0) is 36.9 Å². The third-order valence-electron chi connectivity index (χ3n) is 5.15. The Labute approximate surface area is 153 Å². The minimum Gasteiger partial charge on any atom is -0.336 e. The molecule has 6 nitrogen and oxygen atoms in total. The van der Waals surface area contributed by atoms with Crippen molar-refractivity contribution in [1.29, 1.82) is 0 Å². The number of carbonyl (C=O) groups excluding carboxylic acids is 1. The van der Waals surface area contributed by atoms with E-state index in [0.29, 0.717) is 18.3 Å². The second-order valence-corrected chi connectivity index (χ2v) is 7.10. The van der Waals surface area contributed by atoms with Gasteiger partial charge in [-0.15, -0.1) is 5.10 Å². The van der Waals surface area contributed by atoms with Gasteiger partial charge in [-0.1, -0.05) is 47.7 Å². The first-order chi connectivity index (χ1) is 12.6. The van der Waals surface area contributed by atoms with Gasteiger partial charge in [0.1, 0.15) is 0 Å². The average molecular weight is 349 g/mol. The molecule has 26 heavy (non-hydrogen) atoms. The molecule has 1 unspecified atom stereocenters. The van der Waals surface area contributed by atoms with E-state index >= 15 is 0 Å². The molecule has 1 aliphatic heterocycles. The van der Waals surface area contributed by atoms with Crippen molar-refractivity contribution in [3.05, 3.63) is 59.9 Å². The molecule has 134 valence electrons. The van der Waals surface area contributed by atoms with E-state index in [1.807, 2.05) is 23.1 Å². The SMILES string of the molecule is CN(C)C1CCN(C(=O)c2cn(Cc3cccc4ccccc34)nn2)C1. The fraction of sp³-hybridized carbons (Fsp3) is 0.350. The van der Waals surface area contributed by atoms with Crippen molar-refractivity contribution in [3.8, 4) is 0 Å². The molecule has 0 spiro atoms. The zero-order valence-corrected chi connectivity index (χ0v) is 15.2. The van der Waals surface area contributed by atoms with Gasteiger partial charge in [-0.25, -0.2) is 4.68 Å². The number of fused-ring (bicyclic) bond motifs is 1. The third kappa shape index (κ3) is 3.20. The first-order valence-corrected chi connectivity index (χ1v) is 8.94. The van der Waals surface area contributed by atoms with Crippen LogP contribution in [0.2, 0.25) is 0 Å². The lowest BCUT2D eigenvalue weighted by atomic mass is 10.0. The molecule has 1 aromatic heterocycles. The summed E-state index contributed by atoms with van der Waals surface area (Å²) < 4.78 is 1.74. The minimum absolute atomic E-state index is 0.0291. The number of likely N-dealkylation sites (N-methyl/N-ethyl adjacent to an activating group) is 1. The van der Waals surface area contributed by atoms with Crippen molar-refractivity contribution >= 4 is 16.7 Å². The monoisotopic (exact) mass is 349 g/mol. The molecule has 2 heterocycles. The minimum atomic E-state index is -0.0291. The van der Waals surface area contributed by atoms with Crippen molar-refractivity contribution < 1.29 is 4.79 Å². The summed E-state index contributed by atoms with van der Waals surface area (Å²) in [6.45, 7) is 2.13. The maximum atomic E-state index is 12.7. The van der Waals surface area contributed by atoms with Crippen LogP contribution < -0.4 is 0 Å². The molecule has 0 radical (unpaired) electrons. The smallest absolute Gasteiger partial charge is 0.276 e. The maximum absolute atomic E-state index is 12.7. The van der Waals surface area contributed by atoms with E-state index in [2.05, 4.69) is 53.6 Å². The van der Waals surface area contributed by atoms with Crippen molar-refractivity contribution in [3.63, 3.8) is 0 Å². The van der Waals surface area contributed by atoms with E-state index in [9.17, 15) is 4.79 Å². The summed E-state index contributed by atoms with van der Waals surface area (Å²) in [5, 5.41) is 10.7. The Balaban J connectivity index is 1.50. The first kappa shape index (κ1) is 16.7. The molecule has 1 saturated heterocycles. The normalized spacial score (nSPS) is 17.3. The largest absolute Gasteiger partial charge is 0.336 e. The zero-order chi connectivity index (χ0) is 18.1. The Morgan fingerprint density at radius 3 is 2.81 bits per heavy atom. The molecule has 1 aliphatic rings. The Hall–Kier alpha value is -2.73.